The monoisotopic (exact) mass is 276 g/mol. The predicted molar refractivity (Wildman–Crippen MR) is 78.6 cm³/mol. The van der Waals surface area contributed by atoms with Gasteiger partial charge in [0.25, 0.3) is 0 Å². The molecule has 1 aliphatic heterocycles. The summed E-state index contributed by atoms with van der Waals surface area (Å²) < 4.78 is 5.45. The minimum Gasteiger partial charge on any atom is -0.444 e. The molecule has 1 aromatic heterocycles. The van der Waals surface area contributed by atoms with Crippen LogP contribution >= 0.6 is 0 Å². The summed E-state index contributed by atoms with van der Waals surface area (Å²) in [5.74, 6) is 0.519. The number of rotatable bonds is 1. The van der Waals surface area contributed by atoms with Crippen molar-refractivity contribution >= 4 is 6.09 Å². The fourth-order valence-corrected chi connectivity index (χ4v) is 2.57. The minimum absolute atomic E-state index is 0.187. The van der Waals surface area contributed by atoms with Crippen molar-refractivity contribution in [2.45, 2.75) is 51.6 Å². The van der Waals surface area contributed by atoms with Crippen molar-refractivity contribution in [1.29, 1.82) is 0 Å². The number of hydrogen-bond acceptors (Lipinski definition) is 3. The smallest absolute Gasteiger partial charge is 0.410 e. The van der Waals surface area contributed by atoms with Gasteiger partial charge in [-0.05, 0) is 63.6 Å². The first-order valence-electron chi connectivity index (χ1n) is 7.33. The standard InChI is InChI=1S/C16H24N2O2/c1-16(2,3)20-15(19)18-11-4-5-13(8-12-18)14-6-9-17-10-7-14/h6-7,9-10,13H,4-5,8,11-12H2,1-3H3. The van der Waals surface area contributed by atoms with Gasteiger partial charge in [0.2, 0.25) is 0 Å². The van der Waals surface area contributed by atoms with E-state index >= 15 is 0 Å². The molecule has 2 rings (SSSR count). The number of aromatic nitrogens is 1. The van der Waals surface area contributed by atoms with Crippen LogP contribution in [0.15, 0.2) is 24.5 Å². The zero-order valence-electron chi connectivity index (χ0n) is 12.6. The molecule has 4 heteroatoms. The van der Waals surface area contributed by atoms with Crippen LogP contribution < -0.4 is 0 Å². The van der Waals surface area contributed by atoms with E-state index in [1.807, 2.05) is 38.1 Å². The van der Waals surface area contributed by atoms with Crippen LogP contribution in [-0.2, 0) is 4.74 Å². The summed E-state index contributed by atoms with van der Waals surface area (Å²) in [6.07, 6.45) is 6.61. The van der Waals surface area contributed by atoms with Gasteiger partial charge >= 0.3 is 6.09 Å². The van der Waals surface area contributed by atoms with Gasteiger partial charge in [-0.2, -0.15) is 0 Å². The van der Waals surface area contributed by atoms with Gasteiger partial charge < -0.3 is 9.64 Å². The highest BCUT2D eigenvalue weighted by molar-refractivity contribution is 5.68. The van der Waals surface area contributed by atoms with E-state index in [4.69, 9.17) is 4.74 Å². The summed E-state index contributed by atoms with van der Waals surface area (Å²) in [5, 5.41) is 0. The SMILES string of the molecule is CC(C)(C)OC(=O)N1CCCC(c2ccncc2)CC1. The molecule has 110 valence electrons. The van der Waals surface area contributed by atoms with E-state index in [1.165, 1.54) is 5.56 Å². The fraction of sp³-hybridized carbons (Fsp3) is 0.625. The van der Waals surface area contributed by atoms with E-state index in [0.717, 1.165) is 32.4 Å². The van der Waals surface area contributed by atoms with Gasteiger partial charge in [-0.3, -0.25) is 4.98 Å². The van der Waals surface area contributed by atoms with Crippen LogP contribution in [0.2, 0.25) is 0 Å². The first-order chi connectivity index (χ1) is 9.46. The molecule has 0 radical (unpaired) electrons. The van der Waals surface area contributed by atoms with E-state index in [0.29, 0.717) is 5.92 Å². The van der Waals surface area contributed by atoms with Gasteiger partial charge in [-0.1, -0.05) is 0 Å². The summed E-state index contributed by atoms with van der Waals surface area (Å²) in [6, 6.07) is 4.15. The lowest BCUT2D eigenvalue weighted by atomic mass is 9.93. The average Bonchev–Trinajstić information content (AvgIpc) is 2.63. The van der Waals surface area contributed by atoms with Gasteiger partial charge in [0, 0.05) is 25.5 Å². The Morgan fingerprint density at radius 2 is 1.95 bits per heavy atom. The minimum atomic E-state index is -0.423. The van der Waals surface area contributed by atoms with Gasteiger partial charge in [-0.25, -0.2) is 4.79 Å². The Morgan fingerprint density at radius 1 is 1.25 bits per heavy atom. The van der Waals surface area contributed by atoms with Crippen molar-refractivity contribution in [3.8, 4) is 0 Å². The topological polar surface area (TPSA) is 42.4 Å². The molecule has 0 N–H and O–H groups in total. The summed E-state index contributed by atoms with van der Waals surface area (Å²) in [7, 11) is 0. The molecule has 1 amide bonds. The van der Waals surface area contributed by atoms with Crippen molar-refractivity contribution in [2.24, 2.45) is 0 Å². The molecule has 0 aromatic carbocycles. The molecule has 1 saturated heterocycles. The summed E-state index contributed by atoms with van der Waals surface area (Å²) in [4.78, 5) is 18.0. The number of likely N-dealkylation sites (tertiary alicyclic amines) is 1. The number of carbonyl (C=O) groups excluding carboxylic acids is 1. The van der Waals surface area contributed by atoms with Crippen LogP contribution in [0, 0.1) is 0 Å². The van der Waals surface area contributed by atoms with E-state index in [-0.39, 0.29) is 6.09 Å². The highest BCUT2D eigenvalue weighted by Crippen LogP contribution is 2.28. The van der Waals surface area contributed by atoms with E-state index in [9.17, 15) is 4.79 Å². The van der Waals surface area contributed by atoms with E-state index in [1.54, 1.807) is 0 Å². The van der Waals surface area contributed by atoms with Gasteiger partial charge in [0.05, 0.1) is 0 Å². The van der Waals surface area contributed by atoms with Crippen molar-refractivity contribution in [1.82, 2.24) is 9.88 Å². The highest BCUT2D eigenvalue weighted by atomic mass is 16.6. The summed E-state index contributed by atoms with van der Waals surface area (Å²) in [6.45, 7) is 7.27. The molecule has 2 heterocycles. The van der Waals surface area contributed by atoms with Crippen LogP contribution in [0.5, 0.6) is 0 Å². The predicted octanol–water partition coefficient (Wildman–Crippen LogP) is 3.59. The average molecular weight is 276 g/mol. The lowest BCUT2D eigenvalue weighted by Crippen LogP contribution is -2.37. The molecule has 0 bridgehead atoms. The van der Waals surface area contributed by atoms with Gasteiger partial charge in [-0.15, -0.1) is 0 Å². The summed E-state index contributed by atoms with van der Waals surface area (Å²) >= 11 is 0. The number of hydrogen-bond donors (Lipinski definition) is 0. The Balaban J connectivity index is 1.94. The molecule has 20 heavy (non-hydrogen) atoms. The quantitative estimate of drug-likeness (QED) is 0.787. The normalized spacial score (nSPS) is 20.4. The third-order valence-corrected chi connectivity index (χ3v) is 3.56. The van der Waals surface area contributed by atoms with Crippen LogP contribution in [0.3, 0.4) is 0 Å². The number of pyridine rings is 1. The molecule has 1 atom stereocenters. The maximum absolute atomic E-state index is 12.1. The first kappa shape index (κ1) is 14.8. The molecule has 1 aliphatic rings. The van der Waals surface area contributed by atoms with Crippen LogP contribution in [-0.4, -0.2) is 34.7 Å². The second kappa shape index (κ2) is 6.25. The second-order valence-electron chi connectivity index (χ2n) is 6.38. The number of nitrogens with zero attached hydrogens (tertiary/aromatic N) is 2. The third kappa shape index (κ3) is 4.22. The maximum atomic E-state index is 12.1. The summed E-state index contributed by atoms with van der Waals surface area (Å²) in [5.41, 5.74) is 0.902. The second-order valence-corrected chi connectivity index (χ2v) is 6.38. The lowest BCUT2D eigenvalue weighted by Gasteiger charge is -2.26. The Bertz CT molecular complexity index is 440. The molecule has 1 fully saturated rings. The van der Waals surface area contributed by atoms with E-state index in [2.05, 4.69) is 17.1 Å². The zero-order chi connectivity index (χ0) is 14.6. The Kier molecular flexibility index (Phi) is 4.63. The fourth-order valence-electron chi connectivity index (χ4n) is 2.57. The highest BCUT2D eigenvalue weighted by Gasteiger charge is 2.25. The molecule has 1 unspecified atom stereocenters. The van der Waals surface area contributed by atoms with Crippen molar-refractivity contribution in [2.75, 3.05) is 13.1 Å². The Hall–Kier alpha value is -1.58. The molecule has 0 aliphatic carbocycles. The Morgan fingerprint density at radius 3 is 2.60 bits per heavy atom. The molecule has 0 saturated carbocycles. The molecular formula is C16H24N2O2. The molecular weight excluding hydrogens is 252 g/mol. The number of amides is 1. The Labute approximate surface area is 121 Å². The lowest BCUT2D eigenvalue weighted by molar-refractivity contribution is 0.0256. The van der Waals surface area contributed by atoms with E-state index < -0.39 is 5.60 Å². The van der Waals surface area contributed by atoms with Gasteiger partial charge in [0.15, 0.2) is 0 Å². The van der Waals surface area contributed by atoms with Crippen molar-refractivity contribution in [3.05, 3.63) is 30.1 Å². The third-order valence-electron chi connectivity index (χ3n) is 3.56. The number of ether oxygens (including phenoxy) is 1. The van der Waals surface area contributed by atoms with Crippen molar-refractivity contribution < 1.29 is 9.53 Å². The van der Waals surface area contributed by atoms with Crippen LogP contribution in [0.25, 0.3) is 0 Å². The van der Waals surface area contributed by atoms with Crippen LogP contribution in [0.1, 0.15) is 51.5 Å². The van der Waals surface area contributed by atoms with Gasteiger partial charge in [0.1, 0.15) is 5.60 Å². The first-order valence-corrected chi connectivity index (χ1v) is 7.33. The number of carbonyl (C=O) groups is 1. The maximum Gasteiger partial charge on any atom is 0.410 e. The molecule has 1 aromatic rings. The van der Waals surface area contributed by atoms with Crippen molar-refractivity contribution in [3.63, 3.8) is 0 Å². The van der Waals surface area contributed by atoms with Crippen LogP contribution in [0.4, 0.5) is 4.79 Å². The molecule has 4 nitrogen and oxygen atoms in total. The molecule has 0 spiro atoms. The zero-order valence-corrected chi connectivity index (χ0v) is 12.6. The largest absolute Gasteiger partial charge is 0.444 e.